The summed E-state index contributed by atoms with van der Waals surface area (Å²) in [5.41, 5.74) is 41.5. The lowest BCUT2D eigenvalue weighted by Gasteiger charge is -2.32. The molecule has 0 N–H and O–H groups in total. The van der Waals surface area contributed by atoms with Gasteiger partial charge in [0.15, 0.2) is 0 Å². The van der Waals surface area contributed by atoms with Crippen LogP contribution in [0.2, 0.25) is 0 Å². The lowest BCUT2D eigenvalue weighted by Crippen LogP contribution is -2.26. The van der Waals surface area contributed by atoms with Gasteiger partial charge in [0.25, 0.3) is 0 Å². The molecule has 24 aromatic carbocycles. The molecule has 3 nitrogen and oxygen atoms in total. The zero-order valence-corrected chi connectivity index (χ0v) is 74.6. The number of furan rings is 1. The molecular formula is C134H82N2O. The standard InChI is InChI=1S/C134H82N2O/c1-2-25-83(26-3-1)84-51-53-85(54-52-84)86-55-65-92(66-56-86)135(96-73-76-111-110-35-14-18-46-122(110)133(126(111)81-96)120-44-16-10-31-106(120)107-32-11-17-45-121(107)133)94-71-61-89(62-72-94)99-40-23-43-116-118-80-91(63-75-105(118)104-30-7-9-38-114(104)131(99)116)100-41-24-49-125-132(100)117-77-74-97(82-127(117)134(125)123-47-19-12-33-108(123)109-34-13-20-48-124(109)134)136(93-67-57-87(58-68-93)90-64-78-129-119(79-90)112-36-15-21-50-128(112)137-129)95-69-59-88(60-70-95)98-39-22-42-115-103-28-5-4-27-101(103)102-29-6-8-37-113(102)130(98)115/h1-82H. The van der Waals surface area contributed by atoms with Crippen molar-refractivity contribution in [1.29, 1.82) is 0 Å². The topological polar surface area (TPSA) is 19.6 Å². The predicted octanol–water partition coefficient (Wildman–Crippen LogP) is 36.1. The minimum atomic E-state index is -0.686. The minimum Gasteiger partial charge on any atom is -0.456 e. The van der Waals surface area contributed by atoms with Gasteiger partial charge in [-0.25, -0.2) is 0 Å². The van der Waals surface area contributed by atoms with Crippen molar-refractivity contribution in [2.45, 2.75) is 10.8 Å². The van der Waals surface area contributed by atoms with Crippen molar-refractivity contribution in [1.82, 2.24) is 0 Å². The first-order valence-electron chi connectivity index (χ1n) is 47.6. The highest BCUT2D eigenvalue weighted by Gasteiger charge is 2.54. The molecule has 0 fully saturated rings. The molecule has 25 aromatic rings. The molecule has 1 aromatic heterocycles. The first-order valence-corrected chi connectivity index (χ1v) is 47.6. The molecular weight excluding hydrogens is 1650 g/mol. The molecule has 0 bridgehead atoms. The fourth-order valence-corrected chi connectivity index (χ4v) is 24.9. The van der Waals surface area contributed by atoms with Crippen molar-refractivity contribution in [3.05, 3.63) is 542 Å². The molecule has 137 heavy (non-hydrogen) atoms. The maximum absolute atomic E-state index is 6.36. The van der Waals surface area contributed by atoms with Crippen molar-refractivity contribution in [3.63, 3.8) is 0 Å². The van der Waals surface area contributed by atoms with Gasteiger partial charge in [0.1, 0.15) is 11.2 Å². The number of hydrogen-bond donors (Lipinski definition) is 0. The van der Waals surface area contributed by atoms with Crippen LogP contribution in [0.15, 0.2) is 502 Å². The molecule has 29 rings (SSSR count). The molecule has 3 heteroatoms. The zero-order chi connectivity index (χ0) is 89.7. The van der Waals surface area contributed by atoms with Gasteiger partial charge in [-0.05, 0) is 317 Å². The summed E-state index contributed by atoms with van der Waals surface area (Å²) < 4.78 is 6.36. The second kappa shape index (κ2) is 29.9. The van der Waals surface area contributed by atoms with Gasteiger partial charge in [0.05, 0.1) is 10.8 Å². The molecule has 2 spiro atoms. The van der Waals surface area contributed by atoms with Crippen LogP contribution in [0, 0.1) is 0 Å². The van der Waals surface area contributed by atoms with E-state index in [4.69, 9.17) is 4.42 Å². The molecule has 0 radical (unpaired) electrons. The Kier molecular flexibility index (Phi) is 16.8. The molecule has 0 aliphatic heterocycles. The third-order valence-corrected chi connectivity index (χ3v) is 30.7. The summed E-state index contributed by atoms with van der Waals surface area (Å²) in [6.45, 7) is 0. The van der Waals surface area contributed by atoms with E-state index in [1.807, 2.05) is 6.07 Å². The lowest BCUT2D eigenvalue weighted by atomic mass is 9.70. The van der Waals surface area contributed by atoms with Gasteiger partial charge in [0, 0.05) is 44.9 Å². The van der Waals surface area contributed by atoms with E-state index in [1.54, 1.807) is 0 Å². The number of para-hydroxylation sites is 1. The number of hydrogen-bond acceptors (Lipinski definition) is 3. The summed E-state index contributed by atoms with van der Waals surface area (Å²) >= 11 is 0. The Morgan fingerprint density at radius 3 is 0.905 bits per heavy atom. The summed E-state index contributed by atoms with van der Waals surface area (Å²) in [7, 11) is 0. The van der Waals surface area contributed by atoms with E-state index >= 15 is 0 Å². The Hall–Kier alpha value is -17.8. The second-order valence-electron chi connectivity index (χ2n) is 37.4. The maximum Gasteiger partial charge on any atom is 0.135 e. The minimum absolute atomic E-state index is 0.515. The highest BCUT2D eigenvalue weighted by molar-refractivity contribution is 6.30. The van der Waals surface area contributed by atoms with Gasteiger partial charge in [-0.15, -0.1) is 0 Å². The van der Waals surface area contributed by atoms with Crippen LogP contribution < -0.4 is 9.80 Å². The van der Waals surface area contributed by atoms with E-state index in [-0.39, 0.29) is 0 Å². The van der Waals surface area contributed by atoms with Crippen molar-refractivity contribution in [2.75, 3.05) is 9.80 Å². The summed E-state index contributed by atoms with van der Waals surface area (Å²) in [4.78, 5) is 4.96. The Labute approximate surface area is 793 Å². The summed E-state index contributed by atoms with van der Waals surface area (Å²) in [5.74, 6) is 0. The molecule has 0 saturated heterocycles. The van der Waals surface area contributed by atoms with Gasteiger partial charge < -0.3 is 14.2 Å². The first-order chi connectivity index (χ1) is 67.9. The largest absolute Gasteiger partial charge is 0.456 e. The van der Waals surface area contributed by atoms with E-state index in [2.05, 4.69) is 501 Å². The first kappa shape index (κ1) is 76.9. The van der Waals surface area contributed by atoms with Gasteiger partial charge >= 0.3 is 0 Å². The van der Waals surface area contributed by atoms with Crippen LogP contribution in [-0.2, 0) is 10.8 Å². The van der Waals surface area contributed by atoms with Crippen LogP contribution in [0.5, 0.6) is 0 Å². The molecule has 0 atom stereocenters. The average molecular weight is 1740 g/mol. The third-order valence-electron chi connectivity index (χ3n) is 30.7. The van der Waals surface area contributed by atoms with Crippen LogP contribution in [0.3, 0.4) is 0 Å². The highest BCUT2D eigenvalue weighted by atomic mass is 16.3. The Bertz CT molecular complexity index is 9240. The number of rotatable bonds is 12. The molecule has 0 unspecified atom stereocenters. The van der Waals surface area contributed by atoms with Crippen molar-refractivity contribution < 1.29 is 4.42 Å². The number of benzene rings is 24. The predicted molar refractivity (Wildman–Crippen MR) is 573 cm³/mol. The molecule has 0 saturated carbocycles. The van der Waals surface area contributed by atoms with Crippen molar-refractivity contribution in [2.24, 2.45) is 0 Å². The second-order valence-corrected chi connectivity index (χ2v) is 37.4. The van der Waals surface area contributed by atoms with Crippen LogP contribution in [0.1, 0.15) is 44.5 Å². The summed E-state index contributed by atoms with van der Waals surface area (Å²) in [5, 5.41) is 17.1. The monoisotopic (exact) mass is 1730 g/mol. The Morgan fingerprint density at radius 2 is 0.423 bits per heavy atom. The smallest absolute Gasteiger partial charge is 0.135 e. The normalized spacial score (nSPS) is 13.1. The molecule has 634 valence electrons. The van der Waals surface area contributed by atoms with Crippen LogP contribution in [-0.4, -0.2) is 0 Å². The van der Waals surface area contributed by atoms with E-state index in [0.717, 1.165) is 83.9 Å². The van der Waals surface area contributed by atoms with Gasteiger partial charge in [-0.3, -0.25) is 0 Å². The number of anilines is 6. The highest BCUT2D eigenvalue weighted by Crippen LogP contribution is 2.67. The molecule has 4 aliphatic rings. The summed E-state index contributed by atoms with van der Waals surface area (Å²) in [6.07, 6.45) is 0. The number of nitrogens with zero attached hydrogens (tertiary/aromatic N) is 2. The van der Waals surface area contributed by atoms with Crippen molar-refractivity contribution >= 4 is 121 Å². The molecule has 4 aliphatic carbocycles. The van der Waals surface area contributed by atoms with Gasteiger partial charge in [-0.1, -0.05) is 400 Å². The molecule has 0 amide bonds. The zero-order valence-electron chi connectivity index (χ0n) is 74.6. The fourth-order valence-electron chi connectivity index (χ4n) is 24.9. The average Bonchev–Trinajstić information content (AvgIpc) is 1.51. The quantitative estimate of drug-likeness (QED) is 0.114. The van der Waals surface area contributed by atoms with Crippen LogP contribution in [0.4, 0.5) is 34.1 Å². The molecule has 1 heterocycles. The van der Waals surface area contributed by atoms with Gasteiger partial charge in [0.2, 0.25) is 0 Å². The van der Waals surface area contributed by atoms with Gasteiger partial charge in [-0.2, -0.15) is 0 Å². The van der Waals surface area contributed by atoms with E-state index in [0.29, 0.717) is 0 Å². The maximum atomic E-state index is 6.36. The Morgan fingerprint density at radius 1 is 0.139 bits per heavy atom. The van der Waals surface area contributed by atoms with E-state index in [9.17, 15) is 0 Å². The van der Waals surface area contributed by atoms with Crippen molar-refractivity contribution in [3.8, 4) is 111 Å². The van der Waals surface area contributed by atoms with Crippen LogP contribution >= 0.6 is 0 Å². The fraction of sp³-hybridized carbons (Fsp3) is 0.0149. The number of fused-ring (bicyclic) bond motifs is 35. The SMILES string of the molecule is c1ccc(-c2ccc(-c3ccc(N(c4ccc(-c5cccc6c7cc(-c8cccc9c8-c8ccc(N(c%10ccc(-c%11ccc%12oc%13ccccc%13c%12c%11)cc%10)c%10ccc(-c%11cccc%12c%13ccccc%13c%13ccccc%13c%11%12)cc%10)cc8C98c9ccccc9-c9ccccc98)ccc7c7ccccc7c56)cc4)c4ccc5c(c4)C4(c6ccccc6-c6ccccc64)c4ccccc4-5)cc3)cc2)cc1. The van der Waals surface area contributed by atoms with Crippen LogP contribution in [0.25, 0.3) is 198 Å². The third kappa shape index (κ3) is 11.2. The van der Waals surface area contributed by atoms with E-state index in [1.165, 1.54) is 193 Å². The van der Waals surface area contributed by atoms with E-state index < -0.39 is 10.8 Å². The summed E-state index contributed by atoms with van der Waals surface area (Å²) in [6, 6.07) is 187. The Balaban J connectivity index is 0.577. The lowest BCUT2D eigenvalue weighted by molar-refractivity contribution is 0.669.